The van der Waals surface area contributed by atoms with Gasteiger partial charge < -0.3 is 14.8 Å². The van der Waals surface area contributed by atoms with E-state index in [0.29, 0.717) is 23.8 Å². The standard InChI is InChI=1S/C14H18N2O2/c1-17-14-8-12(9-15)2-3-13(14)18-10-11-4-6-16-7-5-11/h2-3,8,11,16H,4-7,10H2,1H3. The van der Waals surface area contributed by atoms with E-state index in [1.54, 1.807) is 25.3 Å². The Hall–Kier alpha value is -1.73. The molecule has 0 spiro atoms. The summed E-state index contributed by atoms with van der Waals surface area (Å²) in [4.78, 5) is 0. The molecule has 1 heterocycles. The third kappa shape index (κ3) is 3.14. The number of hydrogen-bond acceptors (Lipinski definition) is 4. The van der Waals surface area contributed by atoms with E-state index in [9.17, 15) is 0 Å². The minimum absolute atomic E-state index is 0.584. The molecule has 4 nitrogen and oxygen atoms in total. The van der Waals surface area contributed by atoms with Crippen LogP contribution < -0.4 is 14.8 Å². The maximum Gasteiger partial charge on any atom is 0.162 e. The Labute approximate surface area is 108 Å². The van der Waals surface area contributed by atoms with E-state index in [4.69, 9.17) is 14.7 Å². The predicted molar refractivity (Wildman–Crippen MR) is 68.8 cm³/mol. The highest BCUT2D eigenvalue weighted by atomic mass is 16.5. The molecule has 1 aliphatic heterocycles. The molecule has 0 aliphatic carbocycles. The second-order valence-corrected chi connectivity index (χ2v) is 4.48. The molecule has 0 radical (unpaired) electrons. The number of methoxy groups -OCH3 is 1. The van der Waals surface area contributed by atoms with Crippen LogP contribution in [0.3, 0.4) is 0 Å². The van der Waals surface area contributed by atoms with Crippen molar-refractivity contribution < 1.29 is 9.47 Å². The number of nitrogens with one attached hydrogen (secondary N) is 1. The Morgan fingerprint density at radius 3 is 2.78 bits per heavy atom. The van der Waals surface area contributed by atoms with Crippen LogP contribution >= 0.6 is 0 Å². The molecule has 1 aromatic carbocycles. The molecule has 0 aromatic heterocycles. The molecule has 0 atom stereocenters. The lowest BCUT2D eigenvalue weighted by molar-refractivity contribution is 0.208. The molecule has 1 saturated heterocycles. The molecule has 4 heteroatoms. The highest BCUT2D eigenvalue weighted by Crippen LogP contribution is 2.28. The molecular weight excluding hydrogens is 228 g/mol. The van der Waals surface area contributed by atoms with Crippen LogP contribution in [-0.2, 0) is 0 Å². The SMILES string of the molecule is COc1cc(C#N)ccc1OCC1CCNCC1. The largest absolute Gasteiger partial charge is 0.493 e. The molecule has 0 unspecified atom stereocenters. The van der Waals surface area contributed by atoms with Gasteiger partial charge in [0.05, 0.1) is 25.3 Å². The van der Waals surface area contributed by atoms with Crippen molar-refractivity contribution in [2.24, 2.45) is 5.92 Å². The van der Waals surface area contributed by atoms with Gasteiger partial charge >= 0.3 is 0 Å². The van der Waals surface area contributed by atoms with Crippen LogP contribution in [0.25, 0.3) is 0 Å². The van der Waals surface area contributed by atoms with Crippen LogP contribution in [0.1, 0.15) is 18.4 Å². The zero-order chi connectivity index (χ0) is 12.8. The summed E-state index contributed by atoms with van der Waals surface area (Å²) in [6.07, 6.45) is 2.30. The summed E-state index contributed by atoms with van der Waals surface area (Å²) in [6, 6.07) is 7.35. The van der Waals surface area contributed by atoms with Gasteiger partial charge in [-0.3, -0.25) is 0 Å². The molecule has 2 rings (SSSR count). The van der Waals surface area contributed by atoms with Gasteiger partial charge in [0.15, 0.2) is 11.5 Å². The maximum absolute atomic E-state index is 8.83. The predicted octanol–water partition coefficient (Wildman–Crippen LogP) is 1.95. The Bertz CT molecular complexity index is 434. The van der Waals surface area contributed by atoms with Crippen molar-refractivity contribution in [3.8, 4) is 17.6 Å². The summed E-state index contributed by atoms with van der Waals surface area (Å²) >= 11 is 0. The smallest absolute Gasteiger partial charge is 0.162 e. The van der Waals surface area contributed by atoms with E-state index in [1.807, 2.05) is 0 Å². The molecule has 96 valence electrons. The minimum Gasteiger partial charge on any atom is -0.493 e. The van der Waals surface area contributed by atoms with E-state index in [1.165, 1.54) is 0 Å². The zero-order valence-corrected chi connectivity index (χ0v) is 10.6. The van der Waals surface area contributed by atoms with Crippen LogP contribution in [0.4, 0.5) is 0 Å². The van der Waals surface area contributed by atoms with E-state index >= 15 is 0 Å². The Morgan fingerprint density at radius 1 is 1.33 bits per heavy atom. The summed E-state index contributed by atoms with van der Waals surface area (Å²) < 4.78 is 11.0. The van der Waals surface area contributed by atoms with Gasteiger partial charge in [-0.05, 0) is 44.0 Å². The molecule has 0 saturated carbocycles. The highest BCUT2D eigenvalue weighted by Gasteiger charge is 2.14. The monoisotopic (exact) mass is 246 g/mol. The van der Waals surface area contributed by atoms with Crippen LogP contribution in [0.2, 0.25) is 0 Å². The first-order chi connectivity index (χ1) is 8.83. The van der Waals surface area contributed by atoms with Gasteiger partial charge in [0, 0.05) is 6.07 Å². The molecular formula is C14H18N2O2. The van der Waals surface area contributed by atoms with E-state index in [2.05, 4.69) is 11.4 Å². The molecule has 18 heavy (non-hydrogen) atoms. The van der Waals surface area contributed by atoms with Crippen molar-refractivity contribution in [1.29, 1.82) is 5.26 Å². The van der Waals surface area contributed by atoms with E-state index < -0.39 is 0 Å². The maximum atomic E-state index is 8.83. The fourth-order valence-corrected chi connectivity index (χ4v) is 2.11. The quantitative estimate of drug-likeness (QED) is 0.882. The van der Waals surface area contributed by atoms with Crippen molar-refractivity contribution in [3.05, 3.63) is 23.8 Å². The number of rotatable bonds is 4. The zero-order valence-electron chi connectivity index (χ0n) is 10.6. The first kappa shape index (κ1) is 12.7. The van der Waals surface area contributed by atoms with E-state index in [0.717, 1.165) is 31.7 Å². The number of nitrogens with zero attached hydrogens (tertiary/aromatic N) is 1. The van der Waals surface area contributed by atoms with Gasteiger partial charge in [-0.25, -0.2) is 0 Å². The first-order valence-corrected chi connectivity index (χ1v) is 6.25. The van der Waals surface area contributed by atoms with Gasteiger partial charge in [-0.15, -0.1) is 0 Å². The van der Waals surface area contributed by atoms with Crippen molar-refractivity contribution in [1.82, 2.24) is 5.32 Å². The fraction of sp³-hybridized carbons (Fsp3) is 0.500. The first-order valence-electron chi connectivity index (χ1n) is 6.25. The third-order valence-electron chi connectivity index (χ3n) is 3.23. The molecule has 1 aliphatic rings. The Morgan fingerprint density at radius 2 is 2.11 bits per heavy atom. The van der Waals surface area contributed by atoms with Gasteiger partial charge in [-0.1, -0.05) is 0 Å². The summed E-state index contributed by atoms with van der Waals surface area (Å²) in [7, 11) is 1.59. The number of nitriles is 1. The lowest BCUT2D eigenvalue weighted by atomic mass is 9.99. The van der Waals surface area contributed by atoms with Crippen LogP contribution in [-0.4, -0.2) is 26.8 Å². The molecule has 1 fully saturated rings. The second kappa shape index (κ2) is 6.27. The summed E-state index contributed by atoms with van der Waals surface area (Å²) in [5.74, 6) is 1.95. The van der Waals surface area contributed by atoms with Gasteiger partial charge in [0.1, 0.15) is 0 Å². The molecule has 1 aromatic rings. The topological polar surface area (TPSA) is 54.3 Å². The summed E-state index contributed by atoms with van der Waals surface area (Å²) in [6.45, 7) is 2.85. The Kier molecular flexibility index (Phi) is 4.43. The normalized spacial score (nSPS) is 16.0. The van der Waals surface area contributed by atoms with Crippen LogP contribution in [0, 0.1) is 17.2 Å². The number of benzene rings is 1. The van der Waals surface area contributed by atoms with Crippen LogP contribution in [0.5, 0.6) is 11.5 Å². The fourth-order valence-electron chi connectivity index (χ4n) is 2.11. The van der Waals surface area contributed by atoms with Gasteiger partial charge in [0.2, 0.25) is 0 Å². The lowest BCUT2D eigenvalue weighted by Gasteiger charge is -2.23. The number of piperidine rings is 1. The average molecular weight is 246 g/mol. The van der Waals surface area contributed by atoms with E-state index in [-0.39, 0.29) is 0 Å². The average Bonchev–Trinajstić information content (AvgIpc) is 2.46. The van der Waals surface area contributed by atoms with Gasteiger partial charge in [-0.2, -0.15) is 5.26 Å². The Balaban J connectivity index is 1.98. The van der Waals surface area contributed by atoms with Crippen molar-refractivity contribution in [2.45, 2.75) is 12.8 Å². The highest BCUT2D eigenvalue weighted by molar-refractivity contribution is 5.46. The summed E-state index contributed by atoms with van der Waals surface area (Å²) in [5.41, 5.74) is 0.584. The lowest BCUT2D eigenvalue weighted by Crippen LogP contribution is -2.30. The number of ether oxygens (including phenoxy) is 2. The third-order valence-corrected chi connectivity index (χ3v) is 3.23. The molecule has 0 amide bonds. The van der Waals surface area contributed by atoms with Crippen molar-refractivity contribution in [3.63, 3.8) is 0 Å². The minimum atomic E-state index is 0.584. The van der Waals surface area contributed by atoms with Crippen molar-refractivity contribution in [2.75, 3.05) is 26.8 Å². The number of hydrogen-bond donors (Lipinski definition) is 1. The molecule has 0 bridgehead atoms. The summed E-state index contributed by atoms with van der Waals surface area (Å²) in [5, 5.41) is 12.2. The van der Waals surface area contributed by atoms with Crippen molar-refractivity contribution >= 4 is 0 Å². The second-order valence-electron chi connectivity index (χ2n) is 4.48. The molecule has 1 N–H and O–H groups in total. The van der Waals surface area contributed by atoms with Crippen LogP contribution in [0.15, 0.2) is 18.2 Å². The van der Waals surface area contributed by atoms with Gasteiger partial charge in [0.25, 0.3) is 0 Å².